The Balaban J connectivity index is 1.99. The topological polar surface area (TPSA) is 72.8 Å². The first kappa shape index (κ1) is 21.0. The van der Waals surface area contributed by atoms with Gasteiger partial charge >= 0.3 is 6.18 Å². The molecule has 2 aliphatic rings. The third kappa shape index (κ3) is 2.75. The van der Waals surface area contributed by atoms with E-state index in [-0.39, 0.29) is 6.61 Å². The third-order valence-electron chi connectivity index (χ3n) is 5.56. The van der Waals surface area contributed by atoms with E-state index in [4.69, 9.17) is 9.47 Å². The minimum absolute atomic E-state index is 0.211. The lowest BCUT2D eigenvalue weighted by Crippen LogP contribution is -2.67. The maximum Gasteiger partial charge on any atom is 0.416 e. The van der Waals surface area contributed by atoms with Gasteiger partial charge in [-0.25, -0.2) is 17.2 Å². The molecule has 0 radical (unpaired) electrons. The number of hydrogen-bond acceptors (Lipinski definition) is 5. The summed E-state index contributed by atoms with van der Waals surface area (Å²) in [6.45, 7) is -1.47. The van der Waals surface area contributed by atoms with Crippen LogP contribution in [0, 0.1) is 11.6 Å². The van der Waals surface area contributed by atoms with Crippen molar-refractivity contribution in [3.05, 3.63) is 59.2 Å². The summed E-state index contributed by atoms with van der Waals surface area (Å²) in [6, 6.07) is 4.08. The maximum absolute atomic E-state index is 14.9. The summed E-state index contributed by atoms with van der Waals surface area (Å²) >= 11 is 0. The zero-order valence-corrected chi connectivity index (χ0v) is 16.0. The highest BCUT2D eigenvalue weighted by Crippen LogP contribution is 2.55. The van der Waals surface area contributed by atoms with Crippen molar-refractivity contribution in [2.45, 2.75) is 27.8 Å². The van der Waals surface area contributed by atoms with Crippen molar-refractivity contribution in [2.75, 3.05) is 19.8 Å². The molecular weight excluding hydrogens is 435 g/mol. The molecule has 0 unspecified atom stereocenters. The number of aliphatic hydroxyl groups is 1. The van der Waals surface area contributed by atoms with E-state index in [2.05, 4.69) is 0 Å². The Morgan fingerprint density at radius 1 is 0.967 bits per heavy atom. The molecule has 0 amide bonds. The van der Waals surface area contributed by atoms with Crippen molar-refractivity contribution in [2.24, 2.45) is 0 Å². The van der Waals surface area contributed by atoms with Crippen LogP contribution in [0.1, 0.15) is 17.5 Å². The molecule has 2 heterocycles. The van der Waals surface area contributed by atoms with Gasteiger partial charge in [-0.15, -0.1) is 0 Å². The fraction of sp³-hybridized carbons (Fsp3) is 0.368. The second-order valence-electron chi connectivity index (χ2n) is 7.21. The molecule has 30 heavy (non-hydrogen) atoms. The fourth-order valence-corrected chi connectivity index (χ4v) is 6.43. The third-order valence-corrected chi connectivity index (χ3v) is 8.16. The predicted octanol–water partition coefficient (Wildman–Crippen LogP) is 3.20. The van der Waals surface area contributed by atoms with Crippen molar-refractivity contribution < 1.29 is 45.0 Å². The van der Waals surface area contributed by atoms with Crippen LogP contribution in [0.5, 0.6) is 5.75 Å². The summed E-state index contributed by atoms with van der Waals surface area (Å²) in [7, 11) is -4.74. The molecule has 0 saturated carbocycles. The molecule has 4 rings (SSSR count). The molecule has 162 valence electrons. The zero-order valence-electron chi connectivity index (χ0n) is 15.2. The maximum atomic E-state index is 14.9. The number of hydrogen-bond donors (Lipinski definition) is 1. The molecule has 0 aromatic heterocycles. The summed E-state index contributed by atoms with van der Waals surface area (Å²) in [5.41, 5.74) is -4.07. The van der Waals surface area contributed by atoms with E-state index in [9.17, 15) is 35.5 Å². The van der Waals surface area contributed by atoms with Crippen LogP contribution < -0.4 is 4.74 Å². The molecule has 2 aromatic carbocycles. The quantitative estimate of drug-likeness (QED) is 0.712. The van der Waals surface area contributed by atoms with E-state index in [0.29, 0.717) is 18.2 Å². The van der Waals surface area contributed by atoms with Gasteiger partial charge in [0.25, 0.3) is 0 Å². The lowest BCUT2D eigenvalue weighted by atomic mass is 9.76. The van der Waals surface area contributed by atoms with E-state index >= 15 is 0 Å². The fourth-order valence-electron chi connectivity index (χ4n) is 4.11. The summed E-state index contributed by atoms with van der Waals surface area (Å²) in [6.07, 6.45) is -5.15. The van der Waals surface area contributed by atoms with Crippen LogP contribution in [0.2, 0.25) is 0 Å². The first-order valence-corrected chi connectivity index (χ1v) is 10.3. The average molecular weight is 450 g/mol. The summed E-state index contributed by atoms with van der Waals surface area (Å²) < 4.78 is 103. The number of sulfone groups is 1. The molecule has 1 saturated heterocycles. The van der Waals surface area contributed by atoms with Crippen LogP contribution in [0.25, 0.3) is 0 Å². The molecule has 0 spiro atoms. The summed E-state index contributed by atoms with van der Waals surface area (Å²) in [4.78, 5) is -0.577. The number of halogens is 5. The van der Waals surface area contributed by atoms with Gasteiger partial charge in [-0.1, -0.05) is 0 Å². The molecule has 0 bridgehead atoms. The zero-order chi connectivity index (χ0) is 21.9. The highest BCUT2D eigenvalue weighted by Gasteiger charge is 2.67. The highest BCUT2D eigenvalue weighted by molar-refractivity contribution is 7.92. The molecule has 11 heteroatoms. The van der Waals surface area contributed by atoms with Crippen molar-refractivity contribution in [3.63, 3.8) is 0 Å². The number of benzene rings is 2. The second kappa shape index (κ2) is 6.63. The normalized spacial score (nSPS) is 26.5. The SMILES string of the molecule is O=S(=O)(c1ccc(C(F)(F)F)cc1)[C@@]12CCOC[C@]1(O)COc1c(F)ccc(F)c12. The lowest BCUT2D eigenvalue weighted by molar-refractivity contribution is -0.144. The Bertz CT molecular complexity index is 1100. The average Bonchev–Trinajstić information content (AvgIpc) is 2.69. The Hall–Kier alpha value is -2.24. The Labute approximate surface area is 168 Å². The molecule has 2 atom stereocenters. The van der Waals surface area contributed by atoms with Gasteiger partial charge in [-0.3, -0.25) is 0 Å². The summed E-state index contributed by atoms with van der Waals surface area (Å²) in [5.74, 6) is -2.80. The molecule has 2 aromatic rings. The van der Waals surface area contributed by atoms with Gasteiger partial charge in [0.1, 0.15) is 22.8 Å². The van der Waals surface area contributed by atoms with Crippen LogP contribution in [-0.2, 0) is 25.5 Å². The van der Waals surface area contributed by atoms with Crippen LogP contribution in [0.3, 0.4) is 0 Å². The Morgan fingerprint density at radius 2 is 1.60 bits per heavy atom. The van der Waals surface area contributed by atoms with Crippen LogP contribution in [-0.4, -0.2) is 38.9 Å². The summed E-state index contributed by atoms with van der Waals surface area (Å²) in [5, 5.41) is 11.2. The molecule has 2 aliphatic heterocycles. The smallest absolute Gasteiger partial charge is 0.416 e. The van der Waals surface area contributed by atoms with Gasteiger partial charge in [-0.2, -0.15) is 13.2 Å². The van der Waals surface area contributed by atoms with Crippen molar-refractivity contribution in [1.82, 2.24) is 0 Å². The highest BCUT2D eigenvalue weighted by atomic mass is 32.2. The van der Waals surface area contributed by atoms with Gasteiger partial charge in [-0.05, 0) is 42.8 Å². The van der Waals surface area contributed by atoms with E-state index in [0.717, 1.165) is 18.2 Å². The van der Waals surface area contributed by atoms with E-state index in [1.807, 2.05) is 0 Å². The molecule has 1 fully saturated rings. The van der Waals surface area contributed by atoms with E-state index in [1.165, 1.54) is 0 Å². The number of rotatable bonds is 2. The van der Waals surface area contributed by atoms with E-state index < -0.39 is 79.4 Å². The van der Waals surface area contributed by atoms with E-state index in [1.54, 1.807) is 0 Å². The Kier molecular flexibility index (Phi) is 4.64. The van der Waals surface area contributed by atoms with Crippen molar-refractivity contribution in [1.29, 1.82) is 0 Å². The van der Waals surface area contributed by atoms with Gasteiger partial charge in [0.05, 0.1) is 22.6 Å². The van der Waals surface area contributed by atoms with Gasteiger partial charge in [0, 0.05) is 6.61 Å². The number of fused-ring (bicyclic) bond motifs is 3. The van der Waals surface area contributed by atoms with Gasteiger partial charge in [0.2, 0.25) is 0 Å². The van der Waals surface area contributed by atoms with Crippen LogP contribution in [0.15, 0.2) is 41.3 Å². The molecule has 0 aliphatic carbocycles. The predicted molar refractivity (Wildman–Crippen MR) is 92.5 cm³/mol. The number of alkyl halides is 3. The van der Waals surface area contributed by atoms with Crippen LogP contribution in [0.4, 0.5) is 22.0 Å². The van der Waals surface area contributed by atoms with Crippen molar-refractivity contribution in [3.8, 4) is 5.75 Å². The monoisotopic (exact) mass is 450 g/mol. The van der Waals surface area contributed by atoms with Crippen LogP contribution >= 0.6 is 0 Å². The first-order valence-electron chi connectivity index (χ1n) is 8.77. The van der Waals surface area contributed by atoms with Gasteiger partial charge < -0.3 is 14.6 Å². The number of ether oxygens (including phenoxy) is 2. The largest absolute Gasteiger partial charge is 0.487 e. The minimum Gasteiger partial charge on any atom is -0.487 e. The standard InChI is InChI=1S/C19H15F5O5S/c20-13-5-6-14(21)16-15(13)18(7-8-28-9-17(18,25)10-29-16)30(26,27)12-3-1-11(2-4-12)19(22,23)24/h1-6,25H,7-10H2/t17-,18+/m0/s1. The van der Waals surface area contributed by atoms with Gasteiger partial charge in [0.15, 0.2) is 21.4 Å². The molecule has 1 N–H and O–H groups in total. The first-order chi connectivity index (χ1) is 13.9. The van der Waals surface area contributed by atoms with Crippen molar-refractivity contribution >= 4 is 9.84 Å². The lowest BCUT2D eigenvalue weighted by Gasteiger charge is -2.51. The molecule has 5 nitrogen and oxygen atoms in total. The minimum atomic E-state index is -4.74. The second-order valence-corrected chi connectivity index (χ2v) is 9.38. The Morgan fingerprint density at radius 3 is 2.23 bits per heavy atom. The molecular formula is C19H15F5O5S.